The Balaban J connectivity index is 2.17. The van der Waals surface area contributed by atoms with Gasteiger partial charge in [-0.25, -0.2) is 14.6 Å². The summed E-state index contributed by atoms with van der Waals surface area (Å²) in [7, 11) is 0. The molecular weight excluding hydrogens is 358 g/mol. The van der Waals surface area contributed by atoms with Gasteiger partial charge in [0.05, 0.1) is 23.3 Å². The third-order valence-electron chi connectivity index (χ3n) is 2.81. The summed E-state index contributed by atoms with van der Waals surface area (Å²) in [6.07, 6.45) is 3.10. The van der Waals surface area contributed by atoms with Crippen molar-refractivity contribution in [3.8, 4) is 22.8 Å². The highest BCUT2D eigenvalue weighted by Gasteiger charge is 2.12. The molecule has 0 atom stereocenters. The fraction of sp³-hybridized carbons (Fsp3) is 0.0769. The van der Waals surface area contributed by atoms with Crippen LogP contribution in [0.4, 0.5) is 0 Å². The van der Waals surface area contributed by atoms with Gasteiger partial charge in [-0.2, -0.15) is 0 Å². The maximum Gasteiger partial charge on any atom is 0.214 e. The summed E-state index contributed by atoms with van der Waals surface area (Å²) in [4.78, 5) is 7.84. The summed E-state index contributed by atoms with van der Waals surface area (Å²) in [5.74, 6) is -0.106. The van der Waals surface area contributed by atoms with E-state index in [-0.39, 0.29) is 5.88 Å². The lowest BCUT2D eigenvalue weighted by molar-refractivity contribution is 0.452. The van der Waals surface area contributed by atoms with Crippen molar-refractivity contribution in [3.63, 3.8) is 0 Å². The number of aromatic nitrogens is 5. The Morgan fingerprint density at radius 3 is 2.81 bits per heavy atom. The highest BCUT2D eigenvalue weighted by Crippen LogP contribution is 2.29. The van der Waals surface area contributed by atoms with E-state index in [4.69, 9.17) is 11.6 Å². The lowest BCUT2D eigenvalue weighted by atomic mass is 10.1. The van der Waals surface area contributed by atoms with Crippen molar-refractivity contribution in [2.75, 3.05) is 0 Å². The number of nitrogens with zero attached hydrogens (tertiary/aromatic N) is 5. The number of hydrogen-bond donors (Lipinski definition) is 1. The Kier molecular flexibility index (Phi) is 3.85. The van der Waals surface area contributed by atoms with Gasteiger partial charge in [-0.1, -0.05) is 32.7 Å². The van der Waals surface area contributed by atoms with E-state index in [0.717, 1.165) is 16.9 Å². The smallest absolute Gasteiger partial charge is 0.214 e. The van der Waals surface area contributed by atoms with Crippen LogP contribution in [0.1, 0.15) is 5.69 Å². The van der Waals surface area contributed by atoms with Gasteiger partial charge in [0.2, 0.25) is 5.88 Å². The van der Waals surface area contributed by atoms with Crippen molar-refractivity contribution in [2.45, 2.75) is 5.33 Å². The van der Waals surface area contributed by atoms with Gasteiger partial charge in [0.1, 0.15) is 6.33 Å². The molecule has 1 N–H and O–H groups in total. The van der Waals surface area contributed by atoms with Crippen LogP contribution in [-0.4, -0.2) is 30.1 Å². The molecule has 0 radical (unpaired) electrons. The summed E-state index contributed by atoms with van der Waals surface area (Å²) in [5.41, 5.74) is 2.85. The number of halogens is 2. The van der Waals surface area contributed by atoms with Gasteiger partial charge in [-0.3, -0.25) is 0 Å². The lowest BCUT2D eigenvalue weighted by Crippen LogP contribution is -1.99. The molecule has 8 heteroatoms. The minimum Gasteiger partial charge on any atom is -0.493 e. The van der Waals surface area contributed by atoms with Gasteiger partial charge in [-0.15, -0.1) is 5.10 Å². The van der Waals surface area contributed by atoms with Gasteiger partial charge in [0.25, 0.3) is 0 Å². The Labute approximate surface area is 133 Å². The molecule has 0 amide bonds. The minimum atomic E-state index is -0.106. The quantitative estimate of drug-likeness (QED) is 0.721. The monoisotopic (exact) mass is 365 g/mol. The predicted molar refractivity (Wildman–Crippen MR) is 81.7 cm³/mol. The normalized spacial score (nSPS) is 10.8. The molecule has 21 heavy (non-hydrogen) atoms. The molecule has 0 aliphatic heterocycles. The van der Waals surface area contributed by atoms with Crippen molar-refractivity contribution in [1.82, 2.24) is 25.0 Å². The van der Waals surface area contributed by atoms with E-state index < -0.39 is 0 Å². The minimum absolute atomic E-state index is 0.106. The van der Waals surface area contributed by atoms with E-state index in [1.54, 1.807) is 16.8 Å². The fourth-order valence-electron chi connectivity index (χ4n) is 1.88. The van der Waals surface area contributed by atoms with Crippen molar-refractivity contribution in [1.29, 1.82) is 0 Å². The molecule has 0 aliphatic rings. The first-order valence-corrected chi connectivity index (χ1v) is 7.46. The second-order valence-corrected chi connectivity index (χ2v) is 5.21. The van der Waals surface area contributed by atoms with Crippen LogP contribution in [0.15, 0.2) is 36.8 Å². The van der Waals surface area contributed by atoms with Crippen LogP contribution in [0.3, 0.4) is 0 Å². The summed E-state index contributed by atoms with van der Waals surface area (Å²) < 4.78 is 1.64. The molecule has 0 bridgehead atoms. The number of benzene rings is 1. The molecule has 0 aliphatic carbocycles. The first kappa shape index (κ1) is 14.0. The largest absolute Gasteiger partial charge is 0.493 e. The van der Waals surface area contributed by atoms with Crippen LogP contribution in [0.5, 0.6) is 5.88 Å². The topological polar surface area (TPSA) is 76.7 Å². The SMILES string of the molecule is Oc1cc(-c2cc(Cl)ccc2-n2cc(CBr)nn2)ncn1. The molecular formula is C13H9BrClN5O. The molecule has 6 nitrogen and oxygen atoms in total. The Bertz CT molecular complexity index is 792. The molecule has 2 aromatic heterocycles. The standard InChI is InChI=1S/C13H9BrClN5O/c14-5-9-6-20(19-18-9)12-2-1-8(15)3-10(12)11-4-13(21)17-7-16-11/h1-4,6-7H,5H2,(H,16,17,21). The van der Waals surface area contributed by atoms with E-state index in [1.165, 1.54) is 12.4 Å². The van der Waals surface area contributed by atoms with Crippen molar-refractivity contribution in [3.05, 3.63) is 47.5 Å². The van der Waals surface area contributed by atoms with E-state index in [9.17, 15) is 5.11 Å². The second-order valence-electron chi connectivity index (χ2n) is 4.21. The summed E-state index contributed by atoms with van der Waals surface area (Å²) in [6.45, 7) is 0. The third-order valence-corrected chi connectivity index (χ3v) is 3.62. The highest BCUT2D eigenvalue weighted by atomic mass is 79.9. The average Bonchev–Trinajstić information content (AvgIpc) is 2.96. The van der Waals surface area contributed by atoms with E-state index in [0.29, 0.717) is 16.0 Å². The molecule has 0 spiro atoms. The van der Waals surface area contributed by atoms with Crippen LogP contribution in [0, 0.1) is 0 Å². The maximum atomic E-state index is 9.52. The molecule has 0 unspecified atom stereocenters. The summed E-state index contributed by atoms with van der Waals surface area (Å²) in [6, 6.07) is 6.81. The van der Waals surface area contributed by atoms with E-state index in [2.05, 4.69) is 36.2 Å². The zero-order valence-electron chi connectivity index (χ0n) is 10.6. The molecule has 1 aromatic carbocycles. The number of hydrogen-bond acceptors (Lipinski definition) is 5. The average molecular weight is 367 g/mol. The fourth-order valence-corrected chi connectivity index (χ4v) is 2.31. The van der Waals surface area contributed by atoms with Crippen molar-refractivity contribution in [2.24, 2.45) is 0 Å². The Hall–Kier alpha value is -1.99. The van der Waals surface area contributed by atoms with Crippen LogP contribution in [0.25, 0.3) is 16.9 Å². The van der Waals surface area contributed by atoms with Crippen LogP contribution in [-0.2, 0) is 5.33 Å². The van der Waals surface area contributed by atoms with Crippen LogP contribution >= 0.6 is 27.5 Å². The van der Waals surface area contributed by atoms with Gasteiger partial charge < -0.3 is 5.11 Å². The van der Waals surface area contributed by atoms with Gasteiger partial charge in [0.15, 0.2) is 0 Å². The molecule has 106 valence electrons. The van der Waals surface area contributed by atoms with E-state index in [1.807, 2.05) is 12.3 Å². The first-order chi connectivity index (χ1) is 10.2. The Morgan fingerprint density at radius 2 is 2.10 bits per heavy atom. The van der Waals surface area contributed by atoms with Gasteiger partial charge >= 0.3 is 0 Å². The molecule has 2 heterocycles. The van der Waals surface area contributed by atoms with Crippen LogP contribution < -0.4 is 0 Å². The first-order valence-electron chi connectivity index (χ1n) is 5.96. The molecule has 3 rings (SSSR count). The zero-order valence-corrected chi connectivity index (χ0v) is 13.0. The van der Waals surface area contributed by atoms with Crippen molar-refractivity contribution < 1.29 is 5.11 Å². The number of rotatable bonds is 3. The molecule has 0 fully saturated rings. The molecule has 0 saturated heterocycles. The predicted octanol–water partition coefficient (Wildman–Crippen LogP) is 2.98. The summed E-state index contributed by atoms with van der Waals surface area (Å²) in [5, 5.41) is 18.8. The lowest BCUT2D eigenvalue weighted by Gasteiger charge is -2.09. The zero-order chi connectivity index (χ0) is 14.8. The maximum absolute atomic E-state index is 9.52. The third kappa shape index (κ3) is 2.88. The molecule has 3 aromatic rings. The summed E-state index contributed by atoms with van der Waals surface area (Å²) >= 11 is 9.41. The number of aromatic hydroxyl groups is 1. The second kappa shape index (κ2) is 5.79. The van der Waals surface area contributed by atoms with Gasteiger partial charge in [0, 0.05) is 22.0 Å². The van der Waals surface area contributed by atoms with Crippen molar-refractivity contribution >= 4 is 27.5 Å². The Morgan fingerprint density at radius 1 is 1.24 bits per heavy atom. The van der Waals surface area contributed by atoms with Crippen LogP contribution in [0.2, 0.25) is 5.02 Å². The highest BCUT2D eigenvalue weighted by molar-refractivity contribution is 9.08. The molecule has 0 saturated carbocycles. The number of alkyl halides is 1. The van der Waals surface area contributed by atoms with Gasteiger partial charge in [-0.05, 0) is 18.2 Å². The van der Waals surface area contributed by atoms with E-state index >= 15 is 0 Å².